The van der Waals surface area contributed by atoms with Crippen molar-refractivity contribution in [1.29, 1.82) is 10.5 Å². The number of amides is 2. The van der Waals surface area contributed by atoms with Crippen LogP contribution in [0.3, 0.4) is 0 Å². The molecule has 9 nitrogen and oxygen atoms in total. The zero-order valence-electron chi connectivity index (χ0n) is 16.0. The Balaban J connectivity index is 1.94. The standard InChI is InChI=1S/C22H15N5O4/c23-11-14-3-1-5-16(9-14)30-20-8-7-18(21(29)26-13-19(25)28)22(27-20)31-17-6-2-4-15(10-17)12-24/h1-10H,13H2,(H2,25,28)(H,26,29). The van der Waals surface area contributed by atoms with E-state index in [1.165, 1.54) is 24.3 Å². The van der Waals surface area contributed by atoms with Crippen molar-refractivity contribution in [3.8, 4) is 35.4 Å². The normalized spacial score (nSPS) is 9.74. The maximum Gasteiger partial charge on any atom is 0.257 e. The highest BCUT2D eigenvalue weighted by Crippen LogP contribution is 2.29. The molecular weight excluding hydrogens is 398 g/mol. The van der Waals surface area contributed by atoms with E-state index in [1.807, 2.05) is 12.1 Å². The van der Waals surface area contributed by atoms with E-state index in [1.54, 1.807) is 36.4 Å². The number of ether oxygens (including phenoxy) is 2. The number of rotatable bonds is 7. The molecule has 1 heterocycles. The van der Waals surface area contributed by atoms with E-state index >= 15 is 0 Å². The third-order valence-electron chi connectivity index (χ3n) is 3.87. The number of hydrogen-bond donors (Lipinski definition) is 2. The summed E-state index contributed by atoms with van der Waals surface area (Å²) in [7, 11) is 0. The highest BCUT2D eigenvalue weighted by atomic mass is 16.5. The molecule has 0 bridgehead atoms. The Morgan fingerprint density at radius 2 is 1.55 bits per heavy atom. The largest absolute Gasteiger partial charge is 0.439 e. The maximum atomic E-state index is 12.5. The summed E-state index contributed by atoms with van der Waals surface area (Å²) in [4.78, 5) is 27.7. The van der Waals surface area contributed by atoms with Crippen LogP contribution in [0.1, 0.15) is 21.5 Å². The molecule has 0 aliphatic rings. The number of benzene rings is 2. The molecule has 152 valence electrons. The molecule has 3 N–H and O–H groups in total. The van der Waals surface area contributed by atoms with Gasteiger partial charge >= 0.3 is 0 Å². The van der Waals surface area contributed by atoms with Gasteiger partial charge in [0.2, 0.25) is 17.7 Å². The van der Waals surface area contributed by atoms with Crippen molar-refractivity contribution >= 4 is 11.8 Å². The van der Waals surface area contributed by atoms with Gasteiger partial charge in [0.1, 0.15) is 17.1 Å². The van der Waals surface area contributed by atoms with E-state index in [9.17, 15) is 9.59 Å². The molecule has 0 aliphatic heterocycles. The number of primary amides is 1. The monoisotopic (exact) mass is 413 g/mol. The van der Waals surface area contributed by atoms with Gasteiger partial charge in [0, 0.05) is 6.07 Å². The van der Waals surface area contributed by atoms with Crippen LogP contribution >= 0.6 is 0 Å². The molecule has 0 saturated heterocycles. The van der Waals surface area contributed by atoms with Crippen molar-refractivity contribution in [2.75, 3.05) is 6.54 Å². The average Bonchev–Trinajstić information content (AvgIpc) is 2.78. The third kappa shape index (κ3) is 5.56. The smallest absolute Gasteiger partial charge is 0.257 e. The van der Waals surface area contributed by atoms with Crippen molar-refractivity contribution in [3.05, 3.63) is 77.4 Å². The van der Waals surface area contributed by atoms with Crippen molar-refractivity contribution in [2.45, 2.75) is 0 Å². The van der Waals surface area contributed by atoms with E-state index in [4.69, 9.17) is 25.7 Å². The highest BCUT2D eigenvalue weighted by molar-refractivity contribution is 5.98. The summed E-state index contributed by atoms with van der Waals surface area (Å²) in [5.74, 6) is -0.688. The molecule has 0 atom stereocenters. The number of carbonyl (C=O) groups is 2. The molecular formula is C22H15N5O4. The topological polar surface area (TPSA) is 151 Å². The SMILES string of the molecule is N#Cc1cccc(Oc2ccc(C(=O)NCC(N)=O)c(Oc3cccc(C#N)c3)n2)c1. The van der Waals surface area contributed by atoms with Crippen LogP contribution in [0.25, 0.3) is 0 Å². The molecule has 0 spiro atoms. The van der Waals surface area contributed by atoms with Gasteiger partial charge in [-0.05, 0) is 42.5 Å². The second kappa shape index (κ2) is 9.54. The molecule has 0 fully saturated rings. The first kappa shape index (κ1) is 20.8. The minimum atomic E-state index is -0.706. The fourth-order valence-corrected chi connectivity index (χ4v) is 2.48. The summed E-state index contributed by atoms with van der Waals surface area (Å²) >= 11 is 0. The van der Waals surface area contributed by atoms with Gasteiger partial charge < -0.3 is 20.5 Å². The Hall–Kier alpha value is -4.89. The fourth-order valence-electron chi connectivity index (χ4n) is 2.48. The minimum absolute atomic E-state index is 0.0294. The van der Waals surface area contributed by atoms with Crippen LogP contribution in [-0.2, 0) is 4.79 Å². The van der Waals surface area contributed by atoms with E-state index in [-0.39, 0.29) is 29.6 Å². The van der Waals surface area contributed by atoms with Gasteiger partial charge in [-0.1, -0.05) is 12.1 Å². The van der Waals surface area contributed by atoms with E-state index in [0.717, 1.165) is 0 Å². The lowest BCUT2D eigenvalue weighted by Gasteiger charge is -2.12. The quantitative estimate of drug-likeness (QED) is 0.604. The summed E-state index contributed by atoms with van der Waals surface area (Å²) in [5.41, 5.74) is 5.87. The molecule has 31 heavy (non-hydrogen) atoms. The Morgan fingerprint density at radius 3 is 2.13 bits per heavy atom. The van der Waals surface area contributed by atoms with Gasteiger partial charge in [0.05, 0.1) is 29.8 Å². The second-order valence-electron chi connectivity index (χ2n) is 6.13. The van der Waals surface area contributed by atoms with Crippen LogP contribution in [0.5, 0.6) is 23.3 Å². The number of nitriles is 2. The van der Waals surface area contributed by atoms with Crippen LogP contribution in [0, 0.1) is 22.7 Å². The highest BCUT2D eigenvalue weighted by Gasteiger charge is 2.17. The lowest BCUT2D eigenvalue weighted by atomic mass is 10.2. The summed E-state index contributed by atoms with van der Waals surface area (Å²) in [6.07, 6.45) is 0. The zero-order chi connectivity index (χ0) is 22.2. The lowest BCUT2D eigenvalue weighted by molar-refractivity contribution is -0.117. The minimum Gasteiger partial charge on any atom is -0.439 e. The number of pyridine rings is 1. The fraction of sp³-hybridized carbons (Fsp3) is 0.0455. The van der Waals surface area contributed by atoms with Crippen molar-refractivity contribution in [2.24, 2.45) is 5.73 Å². The number of nitrogens with one attached hydrogen (secondary N) is 1. The Morgan fingerprint density at radius 1 is 0.935 bits per heavy atom. The van der Waals surface area contributed by atoms with Crippen LogP contribution in [0.15, 0.2) is 60.7 Å². The average molecular weight is 413 g/mol. The van der Waals surface area contributed by atoms with E-state index in [2.05, 4.69) is 10.3 Å². The second-order valence-corrected chi connectivity index (χ2v) is 6.13. The van der Waals surface area contributed by atoms with Gasteiger partial charge in [0.15, 0.2) is 0 Å². The molecule has 3 aromatic rings. The number of hydrogen-bond acceptors (Lipinski definition) is 7. The van der Waals surface area contributed by atoms with Crippen molar-refractivity contribution in [1.82, 2.24) is 10.3 Å². The molecule has 0 aliphatic carbocycles. The van der Waals surface area contributed by atoms with Crippen molar-refractivity contribution in [3.63, 3.8) is 0 Å². The molecule has 2 amide bonds. The van der Waals surface area contributed by atoms with E-state index < -0.39 is 11.8 Å². The Kier molecular flexibility index (Phi) is 6.41. The predicted octanol–water partition coefficient (Wildman–Crippen LogP) is 2.62. The number of nitrogens with zero attached hydrogens (tertiary/aromatic N) is 3. The molecule has 0 unspecified atom stereocenters. The first-order valence-electron chi connectivity index (χ1n) is 8.92. The Labute approximate surface area is 177 Å². The molecule has 2 aromatic carbocycles. The van der Waals surface area contributed by atoms with Gasteiger partial charge in [0.25, 0.3) is 5.91 Å². The van der Waals surface area contributed by atoms with Crippen LogP contribution in [0.4, 0.5) is 0 Å². The Bertz CT molecular complexity index is 1230. The van der Waals surface area contributed by atoms with Gasteiger partial charge in [-0.25, -0.2) is 0 Å². The van der Waals surface area contributed by atoms with Crippen LogP contribution < -0.4 is 20.5 Å². The molecule has 0 saturated carbocycles. The number of carbonyl (C=O) groups excluding carboxylic acids is 2. The first-order chi connectivity index (χ1) is 15.0. The summed E-state index contributed by atoms with van der Waals surface area (Å²) in [6.45, 7) is -0.360. The number of aromatic nitrogens is 1. The molecule has 0 radical (unpaired) electrons. The summed E-state index contributed by atoms with van der Waals surface area (Å²) in [6, 6.07) is 19.6. The zero-order valence-corrected chi connectivity index (χ0v) is 16.0. The van der Waals surface area contributed by atoms with Crippen LogP contribution in [-0.4, -0.2) is 23.3 Å². The summed E-state index contributed by atoms with van der Waals surface area (Å²) in [5, 5.41) is 20.5. The van der Waals surface area contributed by atoms with Gasteiger partial charge in [-0.15, -0.1) is 0 Å². The molecule has 9 heteroatoms. The third-order valence-corrected chi connectivity index (χ3v) is 3.87. The molecule has 1 aromatic heterocycles. The van der Waals surface area contributed by atoms with Gasteiger partial charge in [-0.2, -0.15) is 15.5 Å². The van der Waals surface area contributed by atoms with Gasteiger partial charge in [-0.3, -0.25) is 9.59 Å². The van der Waals surface area contributed by atoms with Crippen molar-refractivity contribution < 1.29 is 19.1 Å². The lowest BCUT2D eigenvalue weighted by Crippen LogP contribution is -2.33. The predicted molar refractivity (Wildman–Crippen MR) is 108 cm³/mol. The summed E-state index contributed by atoms with van der Waals surface area (Å²) < 4.78 is 11.4. The molecule has 3 rings (SSSR count). The first-order valence-corrected chi connectivity index (χ1v) is 8.92. The number of nitrogens with two attached hydrogens (primary N) is 1. The van der Waals surface area contributed by atoms with Crippen LogP contribution in [0.2, 0.25) is 0 Å². The maximum absolute atomic E-state index is 12.5. The van der Waals surface area contributed by atoms with E-state index in [0.29, 0.717) is 16.9 Å².